The van der Waals surface area contributed by atoms with Crippen molar-refractivity contribution < 1.29 is 9.34 Å². The van der Waals surface area contributed by atoms with Crippen molar-refractivity contribution in [3.05, 3.63) is 76.0 Å². The van der Waals surface area contributed by atoms with Gasteiger partial charge in [0.2, 0.25) is 17.5 Å². The molecule has 0 aliphatic heterocycles. The number of para-hydroxylation sites is 1. The fourth-order valence-electron chi connectivity index (χ4n) is 2.44. The van der Waals surface area contributed by atoms with Crippen LogP contribution in [0.5, 0.6) is 0 Å². The maximum absolute atomic E-state index is 11.2. The third-order valence-corrected chi connectivity index (χ3v) is 3.71. The van der Waals surface area contributed by atoms with Crippen molar-refractivity contribution in [3.63, 3.8) is 0 Å². The minimum atomic E-state index is -0.509. The molecule has 124 valence electrons. The molecule has 0 radical (unpaired) electrons. The van der Waals surface area contributed by atoms with Gasteiger partial charge in [-0.15, -0.1) is 0 Å². The Hall–Kier alpha value is -3.66. The summed E-state index contributed by atoms with van der Waals surface area (Å²) in [5.41, 5.74) is 1.16. The minimum absolute atomic E-state index is 0.0339. The van der Waals surface area contributed by atoms with Crippen LogP contribution in [-0.2, 0) is 0 Å². The van der Waals surface area contributed by atoms with E-state index in [9.17, 15) is 15.4 Å². The van der Waals surface area contributed by atoms with E-state index >= 15 is 0 Å². The number of benzene rings is 2. The Morgan fingerprint density at radius 3 is 2.56 bits per heavy atom. The molecule has 1 N–H and O–H groups in total. The van der Waals surface area contributed by atoms with E-state index in [0.29, 0.717) is 0 Å². The summed E-state index contributed by atoms with van der Waals surface area (Å²) in [6.07, 6.45) is 0. The average molecular weight is 334 g/mol. The van der Waals surface area contributed by atoms with Crippen molar-refractivity contribution in [2.75, 3.05) is 5.32 Å². The quantitative estimate of drug-likeness (QED) is 0.551. The minimum Gasteiger partial charge on any atom is -0.419 e. The summed E-state index contributed by atoms with van der Waals surface area (Å²) < 4.78 is 5.63. The molecule has 7 heteroatoms. The number of anilines is 1. The zero-order valence-electron chi connectivity index (χ0n) is 13.3. The summed E-state index contributed by atoms with van der Waals surface area (Å²) >= 11 is 0. The molecule has 0 spiro atoms. The predicted octanol–water partition coefficient (Wildman–Crippen LogP) is 4.29. The third kappa shape index (κ3) is 3.33. The molecule has 2 aromatic carbocycles. The molecule has 1 atom stereocenters. The van der Waals surface area contributed by atoms with Gasteiger partial charge in [-0.25, -0.2) is 0 Å². The molecule has 0 fully saturated rings. The molecule has 25 heavy (non-hydrogen) atoms. The van der Waals surface area contributed by atoms with Gasteiger partial charge in [0.05, 0.1) is 11.0 Å². The summed E-state index contributed by atoms with van der Waals surface area (Å²) in [5.74, 6) is 0.221. The van der Waals surface area contributed by atoms with Crippen molar-refractivity contribution in [2.24, 2.45) is 0 Å². The summed E-state index contributed by atoms with van der Waals surface area (Å²) in [4.78, 5) is 14.8. The number of nitrogens with one attached hydrogen (secondary N) is 1. The lowest BCUT2D eigenvalue weighted by Gasteiger charge is -2.13. The molecule has 7 nitrogen and oxygen atoms in total. The van der Waals surface area contributed by atoms with Crippen LogP contribution >= 0.6 is 0 Å². The molecule has 0 unspecified atom stereocenters. The van der Waals surface area contributed by atoms with Crippen LogP contribution in [0.2, 0.25) is 0 Å². The van der Waals surface area contributed by atoms with Gasteiger partial charge in [0.15, 0.2) is 0 Å². The van der Waals surface area contributed by atoms with Crippen molar-refractivity contribution in [1.29, 1.82) is 5.26 Å². The van der Waals surface area contributed by atoms with Crippen molar-refractivity contribution in [2.45, 2.75) is 13.0 Å². The third-order valence-electron chi connectivity index (χ3n) is 3.71. The first-order chi connectivity index (χ1) is 12.1. The highest BCUT2D eigenvalue weighted by Gasteiger charge is 2.22. The lowest BCUT2D eigenvalue weighted by Crippen LogP contribution is -2.06. The first-order valence-corrected chi connectivity index (χ1v) is 7.56. The first kappa shape index (κ1) is 16.2. The van der Waals surface area contributed by atoms with Gasteiger partial charge in [0.25, 0.3) is 5.69 Å². The van der Waals surface area contributed by atoms with Crippen LogP contribution in [0.3, 0.4) is 0 Å². The Kier molecular flexibility index (Phi) is 4.44. The van der Waals surface area contributed by atoms with Gasteiger partial charge in [-0.1, -0.05) is 42.5 Å². The van der Waals surface area contributed by atoms with Crippen molar-refractivity contribution in [1.82, 2.24) is 4.98 Å². The lowest BCUT2D eigenvalue weighted by atomic mass is 10.1. The number of nitro benzene ring substituents is 1. The maximum atomic E-state index is 11.2. The Morgan fingerprint density at radius 1 is 1.20 bits per heavy atom. The predicted molar refractivity (Wildman–Crippen MR) is 91.8 cm³/mol. The Balaban J connectivity index is 1.96. The summed E-state index contributed by atoms with van der Waals surface area (Å²) in [5, 5.41) is 23.6. The molecule has 1 aromatic heterocycles. The van der Waals surface area contributed by atoms with Crippen molar-refractivity contribution in [3.8, 4) is 17.5 Å². The van der Waals surface area contributed by atoms with Crippen molar-refractivity contribution >= 4 is 11.6 Å². The molecule has 0 saturated carbocycles. The Morgan fingerprint density at radius 2 is 1.88 bits per heavy atom. The number of nitro groups is 1. The van der Waals surface area contributed by atoms with Gasteiger partial charge in [-0.3, -0.25) is 10.1 Å². The second-order valence-corrected chi connectivity index (χ2v) is 5.36. The fourth-order valence-corrected chi connectivity index (χ4v) is 2.44. The van der Waals surface area contributed by atoms with Gasteiger partial charge in [-0.05, 0) is 18.6 Å². The van der Waals surface area contributed by atoms with E-state index in [2.05, 4.69) is 10.3 Å². The molecule has 1 heterocycles. The highest BCUT2D eigenvalue weighted by Crippen LogP contribution is 2.33. The van der Waals surface area contributed by atoms with Crippen LogP contribution in [0, 0.1) is 21.4 Å². The van der Waals surface area contributed by atoms with E-state index in [1.807, 2.05) is 43.3 Å². The molecule has 3 aromatic rings. The second-order valence-electron chi connectivity index (χ2n) is 5.36. The molecule has 0 saturated heterocycles. The summed E-state index contributed by atoms with van der Waals surface area (Å²) in [7, 11) is 0. The molecule has 0 amide bonds. The number of aromatic nitrogens is 1. The molecule has 0 aliphatic carbocycles. The number of hydrogen-bond donors (Lipinski definition) is 1. The maximum Gasteiger partial charge on any atom is 0.282 e. The smallest absolute Gasteiger partial charge is 0.282 e. The highest BCUT2D eigenvalue weighted by atomic mass is 16.6. The lowest BCUT2D eigenvalue weighted by molar-refractivity contribution is -0.384. The number of nitriles is 1. The molecule has 0 bridgehead atoms. The van der Waals surface area contributed by atoms with Crippen LogP contribution in [-0.4, -0.2) is 9.91 Å². The monoisotopic (exact) mass is 334 g/mol. The SMILES string of the molecule is C[C@H](Nc1oc(-c2ccccc2[N+](=O)[O-])nc1C#N)c1ccccc1. The Bertz CT molecular complexity index is 944. The number of nitrogens with zero attached hydrogens (tertiary/aromatic N) is 3. The van der Waals surface area contributed by atoms with E-state index in [1.54, 1.807) is 12.1 Å². The molecule has 0 aliphatic rings. The standard InChI is InChI=1S/C18H14N4O3/c1-12(13-7-3-2-4-8-13)20-18-15(11-19)21-17(25-18)14-9-5-6-10-16(14)22(23)24/h2-10,12,20H,1H3/t12-/m0/s1. The topological polar surface area (TPSA) is 105 Å². The van der Waals surface area contributed by atoms with Gasteiger partial charge >= 0.3 is 0 Å². The van der Waals surface area contributed by atoms with E-state index in [-0.39, 0.29) is 34.8 Å². The fraction of sp³-hybridized carbons (Fsp3) is 0.111. The average Bonchev–Trinajstić information content (AvgIpc) is 3.05. The largest absolute Gasteiger partial charge is 0.419 e. The van der Waals surface area contributed by atoms with E-state index in [1.165, 1.54) is 12.1 Å². The van der Waals surface area contributed by atoms with Gasteiger partial charge < -0.3 is 9.73 Å². The molecular weight excluding hydrogens is 320 g/mol. The zero-order chi connectivity index (χ0) is 17.8. The summed E-state index contributed by atoms with van der Waals surface area (Å²) in [6, 6.07) is 17.6. The van der Waals surface area contributed by atoms with E-state index < -0.39 is 4.92 Å². The van der Waals surface area contributed by atoms with Crippen LogP contribution < -0.4 is 5.32 Å². The highest BCUT2D eigenvalue weighted by molar-refractivity contribution is 5.68. The van der Waals surface area contributed by atoms with Crippen LogP contribution in [0.1, 0.15) is 24.2 Å². The van der Waals surface area contributed by atoms with Gasteiger partial charge in [0.1, 0.15) is 11.6 Å². The number of rotatable bonds is 5. The number of hydrogen-bond acceptors (Lipinski definition) is 6. The molecule has 3 rings (SSSR count). The number of oxazole rings is 1. The van der Waals surface area contributed by atoms with Crippen LogP contribution in [0.25, 0.3) is 11.5 Å². The Labute approximate surface area is 143 Å². The van der Waals surface area contributed by atoms with Crippen LogP contribution in [0.15, 0.2) is 59.0 Å². The van der Waals surface area contributed by atoms with Crippen LogP contribution in [0.4, 0.5) is 11.6 Å². The summed E-state index contributed by atoms with van der Waals surface area (Å²) in [6.45, 7) is 1.92. The first-order valence-electron chi connectivity index (χ1n) is 7.56. The molecular formula is C18H14N4O3. The van der Waals surface area contributed by atoms with Gasteiger partial charge in [-0.2, -0.15) is 10.2 Å². The zero-order valence-corrected chi connectivity index (χ0v) is 13.3. The van der Waals surface area contributed by atoms with E-state index in [0.717, 1.165) is 5.56 Å². The normalized spacial score (nSPS) is 11.5. The van der Waals surface area contributed by atoms with E-state index in [4.69, 9.17) is 4.42 Å². The van der Waals surface area contributed by atoms with Gasteiger partial charge in [0, 0.05) is 6.07 Å². The second kappa shape index (κ2) is 6.84.